The van der Waals surface area contributed by atoms with Crippen LogP contribution < -0.4 is 10.1 Å². The zero-order valence-corrected chi connectivity index (χ0v) is 16.7. The molecule has 0 spiro atoms. The van der Waals surface area contributed by atoms with E-state index in [1.165, 1.54) is 0 Å². The number of ether oxygens (including phenoxy) is 2. The molecule has 27 heavy (non-hydrogen) atoms. The zero-order valence-electron chi connectivity index (χ0n) is 16.7. The average Bonchev–Trinajstić information content (AvgIpc) is 2.63. The van der Waals surface area contributed by atoms with Gasteiger partial charge in [-0.15, -0.1) is 0 Å². The van der Waals surface area contributed by atoms with Crippen LogP contribution in [0.5, 0.6) is 5.75 Å². The second kappa shape index (κ2) is 10.2. The molecule has 2 rings (SSSR count). The van der Waals surface area contributed by atoms with Crippen molar-refractivity contribution < 1.29 is 19.1 Å². The summed E-state index contributed by atoms with van der Waals surface area (Å²) in [6.07, 6.45) is 3.68. The predicted molar refractivity (Wildman–Crippen MR) is 105 cm³/mol. The number of amides is 2. The van der Waals surface area contributed by atoms with Crippen molar-refractivity contribution >= 4 is 12.0 Å². The van der Waals surface area contributed by atoms with Crippen LogP contribution in [0.3, 0.4) is 0 Å². The summed E-state index contributed by atoms with van der Waals surface area (Å²) in [5, 5.41) is 2.80. The Morgan fingerprint density at radius 3 is 2.63 bits per heavy atom. The number of piperidine rings is 1. The first-order valence-electron chi connectivity index (χ1n) is 9.79. The maximum Gasteiger partial charge on any atom is 0.407 e. The molecule has 6 heteroatoms. The number of hydrogen-bond donors (Lipinski definition) is 1. The second-order valence-corrected chi connectivity index (χ2v) is 7.88. The van der Waals surface area contributed by atoms with Gasteiger partial charge in [-0.05, 0) is 58.6 Å². The Balaban J connectivity index is 1.74. The number of benzene rings is 1. The Kier molecular flexibility index (Phi) is 7.95. The molecule has 1 aromatic carbocycles. The monoisotopic (exact) mass is 376 g/mol. The molecule has 1 saturated heterocycles. The van der Waals surface area contributed by atoms with E-state index in [0.717, 1.165) is 31.6 Å². The van der Waals surface area contributed by atoms with Crippen LogP contribution in [-0.2, 0) is 9.53 Å². The number of nitrogens with zero attached hydrogens (tertiary/aromatic N) is 1. The van der Waals surface area contributed by atoms with Gasteiger partial charge in [-0.2, -0.15) is 0 Å². The predicted octanol–water partition coefficient (Wildman–Crippen LogP) is 3.75. The fraction of sp³-hybridized carbons (Fsp3) is 0.619. The van der Waals surface area contributed by atoms with Gasteiger partial charge >= 0.3 is 6.09 Å². The number of para-hydroxylation sites is 1. The molecule has 1 aliphatic heterocycles. The first kappa shape index (κ1) is 21.1. The molecule has 1 aromatic rings. The Labute approximate surface area is 162 Å². The van der Waals surface area contributed by atoms with E-state index in [-0.39, 0.29) is 11.9 Å². The molecule has 1 fully saturated rings. The molecular weight excluding hydrogens is 344 g/mol. The maximum absolute atomic E-state index is 12.6. The molecule has 1 unspecified atom stereocenters. The molecule has 150 valence electrons. The normalized spacial score (nSPS) is 17.3. The second-order valence-electron chi connectivity index (χ2n) is 7.88. The molecule has 0 saturated carbocycles. The minimum absolute atomic E-state index is 0.0359. The van der Waals surface area contributed by atoms with Crippen LogP contribution in [0.25, 0.3) is 0 Å². The Bertz CT molecular complexity index is 598. The minimum Gasteiger partial charge on any atom is -0.494 e. The van der Waals surface area contributed by atoms with E-state index in [9.17, 15) is 9.59 Å². The van der Waals surface area contributed by atoms with E-state index in [4.69, 9.17) is 9.47 Å². The molecule has 2 amide bonds. The topological polar surface area (TPSA) is 67.9 Å². The van der Waals surface area contributed by atoms with Gasteiger partial charge in [0.15, 0.2) is 0 Å². The number of rotatable bonds is 7. The molecule has 1 heterocycles. The summed E-state index contributed by atoms with van der Waals surface area (Å²) >= 11 is 0. The molecule has 1 aliphatic rings. The number of nitrogens with one attached hydrogen (secondary N) is 1. The van der Waals surface area contributed by atoms with Crippen LogP contribution in [0.1, 0.15) is 52.9 Å². The highest BCUT2D eigenvalue weighted by atomic mass is 16.6. The molecule has 0 aliphatic carbocycles. The molecule has 1 N–H and O–H groups in total. The largest absolute Gasteiger partial charge is 0.494 e. The SMILES string of the molecule is CC(C)(C)OC(=O)NCC1CCCCN1C(=O)CCCOc1ccccc1. The van der Waals surface area contributed by atoms with E-state index in [0.29, 0.717) is 26.0 Å². The van der Waals surface area contributed by atoms with Crippen LogP contribution in [0.15, 0.2) is 30.3 Å². The third-order valence-electron chi connectivity index (χ3n) is 4.38. The van der Waals surface area contributed by atoms with Crippen LogP contribution >= 0.6 is 0 Å². The van der Waals surface area contributed by atoms with Crippen LogP contribution in [0, 0.1) is 0 Å². The molecule has 0 aromatic heterocycles. The lowest BCUT2D eigenvalue weighted by atomic mass is 10.0. The standard InChI is InChI=1S/C21H32N2O4/c1-21(2,3)27-20(25)22-16-17-10-7-8-14-23(17)19(24)13-9-15-26-18-11-5-4-6-12-18/h4-6,11-12,17H,7-10,13-16H2,1-3H3,(H,22,25). The fourth-order valence-corrected chi connectivity index (χ4v) is 3.13. The van der Waals surface area contributed by atoms with E-state index >= 15 is 0 Å². The summed E-state index contributed by atoms with van der Waals surface area (Å²) in [4.78, 5) is 26.4. The van der Waals surface area contributed by atoms with Gasteiger partial charge in [0, 0.05) is 25.6 Å². The lowest BCUT2D eigenvalue weighted by Gasteiger charge is -2.36. The summed E-state index contributed by atoms with van der Waals surface area (Å²) in [6, 6.07) is 9.65. The number of likely N-dealkylation sites (tertiary alicyclic amines) is 1. The van der Waals surface area contributed by atoms with Crippen molar-refractivity contribution in [2.24, 2.45) is 0 Å². The third kappa shape index (κ3) is 7.89. The molecule has 0 radical (unpaired) electrons. The molecule has 0 bridgehead atoms. The highest BCUT2D eigenvalue weighted by Gasteiger charge is 2.27. The van der Waals surface area contributed by atoms with Crippen LogP contribution in [0.4, 0.5) is 4.79 Å². The maximum atomic E-state index is 12.6. The van der Waals surface area contributed by atoms with Crippen LogP contribution in [0.2, 0.25) is 0 Å². The fourth-order valence-electron chi connectivity index (χ4n) is 3.13. The first-order valence-corrected chi connectivity index (χ1v) is 9.79. The summed E-state index contributed by atoms with van der Waals surface area (Å²) < 4.78 is 10.9. The smallest absolute Gasteiger partial charge is 0.407 e. The first-order chi connectivity index (χ1) is 12.8. The summed E-state index contributed by atoms with van der Waals surface area (Å²) in [5.74, 6) is 0.949. The van der Waals surface area contributed by atoms with Gasteiger partial charge in [0.05, 0.1) is 6.61 Å². The van der Waals surface area contributed by atoms with Crippen molar-refractivity contribution in [2.75, 3.05) is 19.7 Å². The summed E-state index contributed by atoms with van der Waals surface area (Å²) in [7, 11) is 0. The number of carbonyl (C=O) groups is 2. The molecule has 6 nitrogen and oxygen atoms in total. The van der Waals surface area contributed by atoms with Gasteiger partial charge in [-0.25, -0.2) is 4.79 Å². The van der Waals surface area contributed by atoms with E-state index in [2.05, 4.69) is 5.32 Å². The average molecular weight is 376 g/mol. The lowest BCUT2D eigenvalue weighted by Crippen LogP contribution is -2.50. The molecular formula is C21H32N2O4. The van der Waals surface area contributed by atoms with Crippen molar-refractivity contribution in [1.29, 1.82) is 0 Å². The summed E-state index contributed by atoms with van der Waals surface area (Å²) in [5.41, 5.74) is -0.523. The Morgan fingerprint density at radius 2 is 1.93 bits per heavy atom. The Hall–Kier alpha value is -2.24. The summed E-state index contributed by atoms with van der Waals surface area (Å²) in [6.45, 7) is 7.20. The van der Waals surface area contributed by atoms with Crippen molar-refractivity contribution in [1.82, 2.24) is 10.2 Å². The van der Waals surface area contributed by atoms with Gasteiger partial charge in [-0.1, -0.05) is 18.2 Å². The van der Waals surface area contributed by atoms with Crippen molar-refractivity contribution in [2.45, 2.75) is 64.5 Å². The van der Waals surface area contributed by atoms with Crippen molar-refractivity contribution in [3.8, 4) is 5.75 Å². The van der Waals surface area contributed by atoms with Crippen molar-refractivity contribution in [3.05, 3.63) is 30.3 Å². The van der Waals surface area contributed by atoms with E-state index in [1.807, 2.05) is 56.0 Å². The van der Waals surface area contributed by atoms with Gasteiger partial charge in [0.25, 0.3) is 0 Å². The van der Waals surface area contributed by atoms with E-state index in [1.54, 1.807) is 0 Å². The van der Waals surface area contributed by atoms with Crippen LogP contribution in [-0.4, -0.2) is 48.2 Å². The number of alkyl carbamates (subject to hydrolysis) is 1. The van der Waals surface area contributed by atoms with Gasteiger partial charge in [-0.3, -0.25) is 4.79 Å². The Morgan fingerprint density at radius 1 is 1.19 bits per heavy atom. The van der Waals surface area contributed by atoms with E-state index < -0.39 is 11.7 Å². The highest BCUT2D eigenvalue weighted by Crippen LogP contribution is 2.18. The lowest BCUT2D eigenvalue weighted by molar-refractivity contribution is -0.135. The van der Waals surface area contributed by atoms with Crippen molar-refractivity contribution in [3.63, 3.8) is 0 Å². The third-order valence-corrected chi connectivity index (χ3v) is 4.38. The van der Waals surface area contributed by atoms with Gasteiger partial charge in [0.1, 0.15) is 11.4 Å². The quantitative estimate of drug-likeness (QED) is 0.736. The number of carbonyl (C=O) groups excluding carboxylic acids is 2. The molecule has 1 atom stereocenters. The minimum atomic E-state index is -0.523. The zero-order chi connectivity index (χ0) is 19.7. The van der Waals surface area contributed by atoms with Gasteiger partial charge < -0.3 is 19.7 Å². The number of hydrogen-bond acceptors (Lipinski definition) is 4. The highest BCUT2D eigenvalue weighted by molar-refractivity contribution is 5.76. The van der Waals surface area contributed by atoms with Gasteiger partial charge in [0.2, 0.25) is 5.91 Å².